The van der Waals surface area contributed by atoms with Crippen molar-refractivity contribution in [3.8, 4) is 0 Å². The van der Waals surface area contributed by atoms with Crippen LogP contribution in [0, 0.1) is 0 Å². The summed E-state index contributed by atoms with van der Waals surface area (Å²) in [6.45, 7) is 4.18. The van der Waals surface area contributed by atoms with E-state index in [0.29, 0.717) is 17.4 Å². The smallest absolute Gasteiger partial charge is 0.354 e. The molecule has 0 aliphatic heterocycles. The zero-order chi connectivity index (χ0) is 14.7. The minimum Gasteiger partial charge on any atom is -0.477 e. The molecule has 1 heterocycles. The molecule has 1 aromatic carbocycles. The number of nitrogens with zero attached hydrogens (tertiary/aromatic N) is 1. The van der Waals surface area contributed by atoms with Gasteiger partial charge in [0.25, 0.3) is 0 Å². The summed E-state index contributed by atoms with van der Waals surface area (Å²) in [5.74, 6) is -0.384. The number of hydrogen-bond acceptors (Lipinski definition) is 4. The van der Waals surface area contributed by atoms with Gasteiger partial charge < -0.3 is 16.2 Å². The molecule has 4 N–H and O–H groups in total. The molecule has 0 aliphatic carbocycles. The second-order valence-corrected chi connectivity index (χ2v) is 4.81. The standard InChI is InChI=1S/C15H17N3O2/c1-9(2)10-5-3-4-6-12(10)17-14-11(16)7-8-13(18-14)15(19)20/h3-9H,16H2,1-2H3,(H,17,18)(H,19,20). The number of anilines is 3. The van der Waals surface area contributed by atoms with Crippen molar-refractivity contribution >= 4 is 23.2 Å². The fourth-order valence-electron chi connectivity index (χ4n) is 1.93. The Labute approximate surface area is 117 Å². The Kier molecular flexibility index (Phi) is 3.89. The molecule has 104 valence electrons. The first-order valence-electron chi connectivity index (χ1n) is 6.35. The first kappa shape index (κ1) is 13.9. The van der Waals surface area contributed by atoms with Crippen LogP contribution in [0.4, 0.5) is 17.2 Å². The normalized spacial score (nSPS) is 10.6. The summed E-state index contributed by atoms with van der Waals surface area (Å²) >= 11 is 0. The number of nitrogens with one attached hydrogen (secondary N) is 1. The Morgan fingerprint density at radius 2 is 1.95 bits per heavy atom. The van der Waals surface area contributed by atoms with Crippen LogP contribution in [0.5, 0.6) is 0 Å². The minimum absolute atomic E-state index is 0.0382. The Morgan fingerprint density at radius 1 is 1.25 bits per heavy atom. The molecular weight excluding hydrogens is 254 g/mol. The number of para-hydroxylation sites is 1. The number of aromatic carboxylic acids is 1. The van der Waals surface area contributed by atoms with Crippen LogP contribution in [0.2, 0.25) is 0 Å². The van der Waals surface area contributed by atoms with Crippen LogP contribution in [0.25, 0.3) is 0 Å². The van der Waals surface area contributed by atoms with Crippen LogP contribution in [-0.4, -0.2) is 16.1 Å². The number of nitrogen functional groups attached to an aromatic ring is 1. The third-order valence-corrected chi connectivity index (χ3v) is 2.98. The van der Waals surface area contributed by atoms with Gasteiger partial charge in [-0.15, -0.1) is 0 Å². The molecule has 5 nitrogen and oxygen atoms in total. The Morgan fingerprint density at radius 3 is 2.60 bits per heavy atom. The Balaban J connectivity index is 2.40. The summed E-state index contributed by atoms with van der Waals surface area (Å²) in [6.07, 6.45) is 0. The summed E-state index contributed by atoms with van der Waals surface area (Å²) in [6, 6.07) is 10.7. The topological polar surface area (TPSA) is 88.2 Å². The average Bonchev–Trinajstić information content (AvgIpc) is 2.41. The highest BCUT2D eigenvalue weighted by Crippen LogP contribution is 2.28. The van der Waals surface area contributed by atoms with Crippen LogP contribution in [0.3, 0.4) is 0 Å². The van der Waals surface area contributed by atoms with Gasteiger partial charge >= 0.3 is 5.97 Å². The fraction of sp³-hybridized carbons (Fsp3) is 0.200. The maximum Gasteiger partial charge on any atom is 0.354 e. The first-order valence-corrected chi connectivity index (χ1v) is 6.35. The van der Waals surface area contributed by atoms with E-state index in [2.05, 4.69) is 24.1 Å². The third-order valence-electron chi connectivity index (χ3n) is 2.98. The zero-order valence-electron chi connectivity index (χ0n) is 11.4. The molecule has 5 heteroatoms. The molecule has 0 unspecified atom stereocenters. The van der Waals surface area contributed by atoms with E-state index in [1.807, 2.05) is 24.3 Å². The van der Waals surface area contributed by atoms with Crippen LogP contribution in [0.15, 0.2) is 36.4 Å². The lowest BCUT2D eigenvalue weighted by Gasteiger charge is -2.15. The molecular formula is C15H17N3O2. The van der Waals surface area contributed by atoms with Crippen molar-refractivity contribution in [1.29, 1.82) is 0 Å². The SMILES string of the molecule is CC(C)c1ccccc1Nc1nc(C(=O)O)ccc1N. The van der Waals surface area contributed by atoms with Crippen molar-refractivity contribution < 1.29 is 9.90 Å². The highest BCUT2D eigenvalue weighted by Gasteiger charge is 2.11. The molecule has 2 aromatic rings. The molecule has 0 amide bonds. The van der Waals surface area contributed by atoms with E-state index in [1.165, 1.54) is 12.1 Å². The summed E-state index contributed by atoms with van der Waals surface area (Å²) in [5.41, 5.74) is 8.22. The Bertz CT molecular complexity index is 639. The number of benzene rings is 1. The number of pyridine rings is 1. The predicted octanol–water partition coefficient (Wildman–Crippen LogP) is 3.23. The summed E-state index contributed by atoms with van der Waals surface area (Å²) in [7, 11) is 0. The minimum atomic E-state index is -1.08. The highest BCUT2D eigenvalue weighted by molar-refractivity contribution is 5.87. The number of nitrogens with two attached hydrogens (primary N) is 1. The highest BCUT2D eigenvalue weighted by atomic mass is 16.4. The number of carboxylic acid groups (broad SMARTS) is 1. The molecule has 1 aromatic heterocycles. The molecule has 20 heavy (non-hydrogen) atoms. The molecule has 0 bridgehead atoms. The van der Waals surface area contributed by atoms with Gasteiger partial charge in [-0.2, -0.15) is 0 Å². The molecule has 0 atom stereocenters. The summed E-state index contributed by atoms with van der Waals surface area (Å²) in [5, 5.41) is 12.1. The lowest BCUT2D eigenvalue weighted by atomic mass is 10.0. The number of carbonyl (C=O) groups is 1. The monoisotopic (exact) mass is 271 g/mol. The van der Waals surface area contributed by atoms with Crippen molar-refractivity contribution in [3.05, 3.63) is 47.7 Å². The number of hydrogen-bond donors (Lipinski definition) is 3. The first-order chi connectivity index (χ1) is 9.49. The third kappa shape index (κ3) is 2.88. The Hall–Kier alpha value is -2.56. The van der Waals surface area contributed by atoms with Crippen molar-refractivity contribution in [2.24, 2.45) is 0 Å². The van der Waals surface area contributed by atoms with Gasteiger partial charge in [-0.1, -0.05) is 32.0 Å². The lowest BCUT2D eigenvalue weighted by Crippen LogP contribution is -2.07. The van der Waals surface area contributed by atoms with Gasteiger partial charge in [-0.05, 0) is 29.7 Å². The van der Waals surface area contributed by atoms with Gasteiger partial charge in [0.05, 0.1) is 5.69 Å². The number of rotatable bonds is 4. The van der Waals surface area contributed by atoms with E-state index in [0.717, 1.165) is 11.3 Å². The van der Waals surface area contributed by atoms with Crippen molar-refractivity contribution in [1.82, 2.24) is 4.98 Å². The average molecular weight is 271 g/mol. The molecule has 0 aliphatic rings. The van der Waals surface area contributed by atoms with E-state index >= 15 is 0 Å². The van der Waals surface area contributed by atoms with E-state index in [4.69, 9.17) is 10.8 Å². The molecule has 0 spiro atoms. The lowest BCUT2D eigenvalue weighted by molar-refractivity contribution is 0.0690. The molecule has 0 radical (unpaired) electrons. The maximum atomic E-state index is 11.0. The van der Waals surface area contributed by atoms with Gasteiger partial charge in [0, 0.05) is 5.69 Å². The van der Waals surface area contributed by atoms with E-state index < -0.39 is 5.97 Å². The van der Waals surface area contributed by atoms with Crippen LogP contribution < -0.4 is 11.1 Å². The number of carboxylic acids is 1. The van der Waals surface area contributed by atoms with Crippen molar-refractivity contribution in [2.75, 3.05) is 11.1 Å². The van der Waals surface area contributed by atoms with Crippen molar-refractivity contribution in [3.63, 3.8) is 0 Å². The maximum absolute atomic E-state index is 11.0. The van der Waals surface area contributed by atoms with Crippen LogP contribution in [0.1, 0.15) is 35.8 Å². The largest absolute Gasteiger partial charge is 0.477 e. The van der Waals surface area contributed by atoms with Gasteiger partial charge in [-0.25, -0.2) is 9.78 Å². The van der Waals surface area contributed by atoms with E-state index in [1.54, 1.807) is 0 Å². The molecule has 0 fully saturated rings. The molecule has 0 saturated carbocycles. The van der Waals surface area contributed by atoms with Gasteiger partial charge in [0.1, 0.15) is 0 Å². The fourth-order valence-corrected chi connectivity index (χ4v) is 1.93. The molecule has 2 rings (SSSR count). The van der Waals surface area contributed by atoms with Crippen LogP contribution >= 0.6 is 0 Å². The number of aromatic nitrogens is 1. The predicted molar refractivity (Wildman–Crippen MR) is 79.4 cm³/mol. The van der Waals surface area contributed by atoms with Crippen LogP contribution in [-0.2, 0) is 0 Å². The summed E-state index contributed by atoms with van der Waals surface area (Å²) < 4.78 is 0. The van der Waals surface area contributed by atoms with E-state index in [9.17, 15) is 4.79 Å². The van der Waals surface area contributed by atoms with Gasteiger partial charge in [0.2, 0.25) is 0 Å². The molecule has 0 saturated heterocycles. The summed E-state index contributed by atoms with van der Waals surface area (Å²) in [4.78, 5) is 15.0. The van der Waals surface area contributed by atoms with Gasteiger partial charge in [0.15, 0.2) is 11.5 Å². The van der Waals surface area contributed by atoms with Gasteiger partial charge in [-0.3, -0.25) is 0 Å². The second-order valence-electron chi connectivity index (χ2n) is 4.81. The van der Waals surface area contributed by atoms with E-state index in [-0.39, 0.29) is 5.69 Å². The quantitative estimate of drug-likeness (QED) is 0.794. The zero-order valence-corrected chi connectivity index (χ0v) is 11.4. The second kappa shape index (κ2) is 5.61. The van der Waals surface area contributed by atoms with Crippen molar-refractivity contribution in [2.45, 2.75) is 19.8 Å².